The lowest BCUT2D eigenvalue weighted by Crippen LogP contribution is -2.41. The Labute approximate surface area is 223 Å². The number of carbonyl (C=O) groups excluding carboxylic acids is 2. The minimum atomic E-state index is -0.291. The zero-order chi connectivity index (χ0) is 26.3. The van der Waals surface area contributed by atoms with Gasteiger partial charge in [-0.3, -0.25) is 14.5 Å². The summed E-state index contributed by atoms with van der Waals surface area (Å²) in [7, 11) is 1.54. The van der Waals surface area contributed by atoms with E-state index in [2.05, 4.69) is 44.7 Å². The highest BCUT2D eigenvalue weighted by Crippen LogP contribution is 2.30. The van der Waals surface area contributed by atoms with Crippen LogP contribution in [0.25, 0.3) is 0 Å². The van der Waals surface area contributed by atoms with Crippen LogP contribution in [0.4, 0.5) is 11.4 Å². The highest BCUT2D eigenvalue weighted by Gasteiger charge is 2.23. The molecule has 0 spiro atoms. The van der Waals surface area contributed by atoms with Gasteiger partial charge in [-0.05, 0) is 47.9 Å². The molecule has 3 aromatic rings. The Bertz CT molecular complexity index is 1290. The number of amides is 2. The van der Waals surface area contributed by atoms with Crippen molar-refractivity contribution in [1.29, 1.82) is 0 Å². The van der Waals surface area contributed by atoms with E-state index in [0.29, 0.717) is 29.1 Å². The van der Waals surface area contributed by atoms with Crippen LogP contribution in [0.5, 0.6) is 5.75 Å². The Kier molecular flexibility index (Phi) is 8.21. The molecule has 8 nitrogen and oxygen atoms in total. The van der Waals surface area contributed by atoms with Crippen molar-refractivity contribution in [3.8, 4) is 5.75 Å². The third-order valence-corrected chi connectivity index (χ3v) is 7.14. The first kappa shape index (κ1) is 25.8. The molecule has 2 heterocycles. The van der Waals surface area contributed by atoms with Gasteiger partial charge in [-0.2, -0.15) is 0 Å². The van der Waals surface area contributed by atoms with Crippen LogP contribution in [0.2, 0.25) is 0 Å². The summed E-state index contributed by atoms with van der Waals surface area (Å²) in [4.78, 5) is 31.0. The number of morpholine rings is 1. The van der Waals surface area contributed by atoms with E-state index in [-0.39, 0.29) is 11.8 Å². The first-order valence-corrected chi connectivity index (χ1v) is 13.1. The number of methoxy groups -OCH3 is 1. The fourth-order valence-corrected chi connectivity index (χ4v) is 5.05. The monoisotopic (exact) mass is 514 g/mol. The van der Waals surface area contributed by atoms with Crippen LogP contribution < -0.4 is 20.3 Å². The Morgan fingerprint density at radius 1 is 0.895 bits per heavy atom. The molecular formula is C30H34N4O4. The van der Waals surface area contributed by atoms with E-state index >= 15 is 0 Å². The molecule has 0 atom stereocenters. The molecule has 1 saturated heterocycles. The van der Waals surface area contributed by atoms with E-state index in [9.17, 15) is 9.59 Å². The Hall–Kier alpha value is -3.88. The molecule has 2 amide bonds. The summed E-state index contributed by atoms with van der Waals surface area (Å²) in [6.45, 7) is 6.06. The third-order valence-electron chi connectivity index (χ3n) is 7.14. The number of benzene rings is 3. The molecule has 3 aromatic carbocycles. The summed E-state index contributed by atoms with van der Waals surface area (Å²) in [6.07, 6.45) is 0.917. The first-order chi connectivity index (χ1) is 18.6. The van der Waals surface area contributed by atoms with E-state index in [0.717, 1.165) is 58.0 Å². The summed E-state index contributed by atoms with van der Waals surface area (Å²) in [5, 5.41) is 6.04. The van der Waals surface area contributed by atoms with E-state index in [1.54, 1.807) is 24.3 Å². The first-order valence-electron chi connectivity index (χ1n) is 13.1. The average Bonchev–Trinajstić information content (AvgIpc) is 2.97. The molecule has 1 fully saturated rings. The summed E-state index contributed by atoms with van der Waals surface area (Å²) in [5.41, 5.74) is 5.01. The molecule has 0 unspecified atom stereocenters. The summed E-state index contributed by atoms with van der Waals surface area (Å²) in [6, 6.07) is 21.1. The minimum absolute atomic E-state index is 0.152. The highest BCUT2D eigenvalue weighted by molar-refractivity contribution is 6.07. The van der Waals surface area contributed by atoms with Crippen molar-refractivity contribution in [2.24, 2.45) is 0 Å². The van der Waals surface area contributed by atoms with Crippen molar-refractivity contribution in [3.63, 3.8) is 0 Å². The fraction of sp³-hybridized carbons (Fsp3) is 0.333. The lowest BCUT2D eigenvalue weighted by atomic mass is 9.98. The van der Waals surface area contributed by atoms with Crippen molar-refractivity contribution in [2.45, 2.75) is 13.0 Å². The van der Waals surface area contributed by atoms with Gasteiger partial charge in [-0.1, -0.05) is 36.4 Å². The lowest BCUT2D eigenvalue weighted by molar-refractivity contribution is 0.0383. The summed E-state index contributed by atoms with van der Waals surface area (Å²) in [5.74, 6) is 0.0518. The molecule has 0 bridgehead atoms. The number of carbonyl (C=O) groups is 2. The van der Waals surface area contributed by atoms with Crippen LogP contribution in [0.15, 0.2) is 66.7 Å². The molecule has 0 aromatic heterocycles. The zero-order valence-electron chi connectivity index (χ0n) is 21.7. The maximum atomic E-state index is 13.5. The van der Waals surface area contributed by atoms with Gasteiger partial charge in [-0.25, -0.2) is 0 Å². The molecule has 2 N–H and O–H groups in total. The van der Waals surface area contributed by atoms with Gasteiger partial charge in [-0.15, -0.1) is 0 Å². The second-order valence-electron chi connectivity index (χ2n) is 9.54. The normalized spacial score (nSPS) is 15.4. The number of anilines is 2. The quantitative estimate of drug-likeness (QED) is 0.478. The standard InChI is InChI=1S/C30H34N4O4/c1-37-28-9-5-4-8-25(28)30(36)32-24-10-11-27(34-14-12-22-6-2-3-7-23(22)21-34)26(20-24)29(35)31-13-15-33-16-18-38-19-17-33/h2-11,20H,12-19,21H2,1H3,(H,31,35)(H,32,36). The largest absolute Gasteiger partial charge is 0.496 e. The van der Waals surface area contributed by atoms with Gasteiger partial charge in [0.1, 0.15) is 5.75 Å². The number of fused-ring (bicyclic) bond motifs is 1. The number of para-hydroxylation sites is 1. The molecule has 8 heteroatoms. The van der Waals surface area contributed by atoms with Crippen LogP contribution in [0.3, 0.4) is 0 Å². The van der Waals surface area contributed by atoms with Gasteiger partial charge < -0.3 is 25.0 Å². The highest BCUT2D eigenvalue weighted by atomic mass is 16.5. The predicted octanol–water partition coefficient (Wildman–Crippen LogP) is 3.57. The number of ether oxygens (including phenoxy) is 2. The number of hydrogen-bond acceptors (Lipinski definition) is 6. The van der Waals surface area contributed by atoms with Crippen molar-refractivity contribution in [3.05, 3.63) is 89.0 Å². The van der Waals surface area contributed by atoms with Crippen LogP contribution in [-0.2, 0) is 17.7 Å². The van der Waals surface area contributed by atoms with Crippen LogP contribution in [0, 0.1) is 0 Å². The SMILES string of the molecule is COc1ccccc1C(=O)Nc1ccc(N2CCc3ccccc3C2)c(C(=O)NCCN2CCOCC2)c1. The molecule has 0 aliphatic carbocycles. The van der Waals surface area contributed by atoms with Crippen molar-refractivity contribution in [1.82, 2.24) is 10.2 Å². The Morgan fingerprint density at radius 3 is 2.47 bits per heavy atom. The van der Waals surface area contributed by atoms with E-state index in [4.69, 9.17) is 9.47 Å². The van der Waals surface area contributed by atoms with Crippen LogP contribution >= 0.6 is 0 Å². The van der Waals surface area contributed by atoms with Crippen molar-refractivity contribution in [2.75, 3.05) is 63.3 Å². The summed E-state index contributed by atoms with van der Waals surface area (Å²) < 4.78 is 10.8. The van der Waals surface area contributed by atoms with Crippen molar-refractivity contribution >= 4 is 23.2 Å². The van der Waals surface area contributed by atoms with E-state index in [1.807, 2.05) is 18.2 Å². The molecule has 198 valence electrons. The van der Waals surface area contributed by atoms with Gasteiger partial charge in [0.25, 0.3) is 11.8 Å². The molecule has 38 heavy (non-hydrogen) atoms. The Morgan fingerprint density at radius 2 is 1.66 bits per heavy atom. The molecule has 0 saturated carbocycles. The second-order valence-corrected chi connectivity index (χ2v) is 9.54. The second kappa shape index (κ2) is 12.1. The zero-order valence-corrected chi connectivity index (χ0v) is 21.7. The number of nitrogens with zero attached hydrogens (tertiary/aromatic N) is 2. The van der Waals surface area contributed by atoms with Gasteiger partial charge in [0.15, 0.2) is 0 Å². The van der Waals surface area contributed by atoms with Gasteiger partial charge >= 0.3 is 0 Å². The molecule has 5 rings (SSSR count). The molecule has 0 radical (unpaired) electrons. The number of nitrogens with one attached hydrogen (secondary N) is 2. The lowest BCUT2D eigenvalue weighted by Gasteiger charge is -2.32. The van der Waals surface area contributed by atoms with Gasteiger partial charge in [0.05, 0.1) is 31.5 Å². The summed E-state index contributed by atoms with van der Waals surface area (Å²) >= 11 is 0. The Balaban J connectivity index is 1.37. The van der Waals surface area contributed by atoms with Crippen LogP contribution in [-0.4, -0.2) is 69.8 Å². The topological polar surface area (TPSA) is 83.1 Å². The van der Waals surface area contributed by atoms with Crippen molar-refractivity contribution < 1.29 is 19.1 Å². The maximum Gasteiger partial charge on any atom is 0.259 e. The molecule has 2 aliphatic heterocycles. The van der Waals surface area contributed by atoms with Gasteiger partial charge in [0.2, 0.25) is 0 Å². The maximum absolute atomic E-state index is 13.5. The number of rotatable bonds is 8. The van der Waals surface area contributed by atoms with E-state index in [1.165, 1.54) is 18.2 Å². The number of hydrogen-bond donors (Lipinski definition) is 2. The smallest absolute Gasteiger partial charge is 0.259 e. The molecule has 2 aliphatic rings. The van der Waals surface area contributed by atoms with Gasteiger partial charge in [0, 0.05) is 50.6 Å². The predicted molar refractivity (Wildman–Crippen MR) is 148 cm³/mol. The van der Waals surface area contributed by atoms with Crippen LogP contribution in [0.1, 0.15) is 31.8 Å². The van der Waals surface area contributed by atoms with E-state index < -0.39 is 0 Å². The third kappa shape index (κ3) is 5.98. The molecular weight excluding hydrogens is 480 g/mol. The minimum Gasteiger partial charge on any atom is -0.496 e. The average molecular weight is 515 g/mol. The fourth-order valence-electron chi connectivity index (χ4n) is 5.05.